The van der Waals surface area contributed by atoms with E-state index in [4.69, 9.17) is 9.46 Å². The number of hydrogen-bond acceptors (Lipinski definition) is 2. The van der Waals surface area contributed by atoms with Gasteiger partial charge in [-0.05, 0) is 8.69 Å². The van der Waals surface area contributed by atoms with Crippen molar-refractivity contribution in [3.63, 3.8) is 0 Å². The molecule has 8 heavy (non-hydrogen) atoms. The Hall–Kier alpha value is 0.722. The maximum atomic E-state index is 8.46. The zero-order chi connectivity index (χ0) is 6.83. The maximum Gasteiger partial charge on any atom is -0.0110 e. The van der Waals surface area contributed by atoms with Crippen molar-refractivity contribution < 1.29 is 9.46 Å². The molecule has 4 heteroatoms. The van der Waals surface area contributed by atoms with Gasteiger partial charge in [-0.15, -0.1) is 0 Å². The molecule has 0 aliphatic carbocycles. The van der Waals surface area contributed by atoms with Crippen LogP contribution >= 0.6 is 8.69 Å². The summed E-state index contributed by atoms with van der Waals surface area (Å²) in [5.41, 5.74) is 0. The maximum absolute atomic E-state index is 8.46. The Balaban J connectivity index is 0. The van der Waals surface area contributed by atoms with E-state index in [-0.39, 0.29) is 0 Å². The van der Waals surface area contributed by atoms with Crippen LogP contribution < -0.4 is 4.89 Å². The topological polar surface area (TPSA) is 40.1 Å². The molecule has 0 heterocycles. The summed E-state index contributed by atoms with van der Waals surface area (Å²) in [6.45, 7) is 4.50. The summed E-state index contributed by atoms with van der Waals surface area (Å²) in [7, 11) is -1.75. The van der Waals surface area contributed by atoms with Crippen LogP contribution in [0.15, 0.2) is 0 Å². The van der Waals surface area contributed by atoms with Crippen molar-refractivity contribution in [1.82, 2.24) is 0 Å². The molecule has 0 saturated carbocycles. The molecule has 0 aromatic carbocycles. The molecule has 0 aromatic heterocycles. The van der Waals surface area contributed by atoms with E-state index in [1.54, 1.807) is 0 Å². The van der Waals surface area contributed by atoms with Crippen molar-refractivity contribution >= 4 is 23.9 Å². The van der Waals surface area contributed by atoms with Crippen molar-refractivity contribution in [2.75, 3.05) is 0 Å². The molecular weight excluding hydrogens is 138 g/mol. The zero-order valence-electron chi connectivity index (χ0n) is 5.39. The third-order valence-corrected chi connectivity index (χ3v) is 1.73. The van der Waals surface area contributed by atoms with E-state index >= 15 is 0 Å². The van der Waals surface area contributed by atoms with Gasteiger partial charge in [-0.3, -0.25) is 0 Å². The van der Waals surface area contributed by atoms with Gasteiger partial charge >= 0.3 is 39.6 Å². The fraction of sp³-hybridized carbons (Fsp3) is 1.00. The summed E-state index contributed by atoms with van der Waals surface area (Å²) in [4.78, 5) is 8.46. The molecule has 0 aliphatic rings. The molecule has 0 aliphatic heterocycles. The molecule has 0 aromatic rings. The quantitative estimate of drug-likeness (QED) is 0.426. The summed E-state index contributed by atoms with van der Waals surface area (Å²) in [6.07, 6.45) is 0. The Bertz CT molecular complexity index is 41.0. The van der Waals surface area contributed by atoms with E-state index in [1.807, 2.05) is 0 Å². The van der Waals surface area contributed by atoms with Crippen LogP contribution in [0, 0.1) is 0 Å². The molecule has 48 valence electrons. The van der Waals surface area contributed by atoms with Gasteiger partial charge in [-0.1, -0.05) is 0 Å². The van der Waals surface area contributed by atoms with E-state index in [0.29, 0.717) is 0 Å². The summed E-state index contributed by atoms with van der Waals surface area (Å²) >= 11 is 0.815. The Kier molecular flexibility index (Phi) is 22.5. The first-order valence-electron chi connectivity index (χ1n) is 2.70. The van der Waals surface area contributed by atoms with E-state index in [0.717, 1.165) is 15.2 Å². The standard InChI is InChI=1S/2C2H5.Al.H3O2P/c2*1-2;;1-3-2/h2*1H2,2H3;;3H2,(H,1,2)/q;;+1;/p-1. The van der Waals surface area contributed by atoms with Crippen LogP contribution in [0.4, 0.5) is 0 Å². The smallest absolute Gasteiger partial charge is 0.0110 e. The summed E-state index contributed by atoms with van der Waals surface area (Å²) < 4.78 is 8.46. The second-order valence-electron chi connectivity index (χ2n) is 1.20. The van der Waals surface area contributed by atoms with Crippen LogP contribution in [0.5, 0.6) is 0 Å². The monoisotopic (exact) mass is 150 g/mol. The third-order valence-electron chi connectivity index (χ3n) is 0.577. The average molecular weight is 150 g/mol. The fourth-order valence-electron chi connectivity index (χ4n) is 0.289. The van der Waals surface area contributed by atoms with Crippen molar-refractivity contribution in [1.29, 1.82) is 0 Å². The summed E-state index contributed by atoms with van der Waals surface area (Å²) in [5.74, 6) is 0. The van der Waals surface area contributed by atoms with Crippen molar-refractivity contribution in [2.45, 2.75) is 24.4 Å². The van der Waals surface area contributed by atoms with Crippen LogP contribution in [-0.2, 0) is 4.57 Å². The van der Waals surface area contributed by atoms with Gasteiger partial charge in [0, 0.05) is 0 Å². The molecule has 0 radical (unpaired) electrons. The normalized spacial score (nSPS) is 7.88. The first-order valence-corrected chi connectivity index (χ1v) is 5.28. The molecule has 0 fully saturated rings. The Labute approximate surface area is 58.3 Å². The molecule has 1 atom stereocenters. The Morgan fingerprint density at radius 2 is 1.75 bits per heavy atom. The minimum atomic E-state index is -1.75. The van der Waals surface area contributed by atoms with Crippen LogP contribution in [0.2, 0.25) is 10.6 Å². The predicted octanol–water partition coefficient (Wildman–Crippen LogP) is 0.585. The van der Waals surface area contributed by atoms with Gasteiger partial charge in [0.2, 0.25) is 0 Å². The molecule has 1 unspecified atom stereocenters. The summed E-state index contributed by atoms with van der Waals surface area (Å²) in [5, 5.41) is 2.85. The Morgan fingerprint density at radius 1 is 1.50 bits per heavy atom. The first kappa shape index (κ1) is 11.5. The van der Waals surface area contributed by atoms with Gasteiger partial charge in [0.15, 0.2) is 0 Å². The van der Waals surface area contributed by atoms with E-state index in [2.05, 4.69) is 13.8 Å². The van der Waals surface area contributed by atoms with Crippen molar-refractivity contribution in [3.05, 3.63) is 0 Å². The van der Waals surface area contributed by atoms with Gasteiger partial charge < -0.3 is 9.46 Å². The minimum Gasteiger partial charge on any atom is -0.804 e. The van der Waals surface area contributed by atoms with Crippen LogP contribution in [0.1, 0.15) is 13.8 Å². The minimum absolute atomic E-state index is 0.815. The molecular formula is C4H12AlO2P. The SMILES string of the molecule is C[CH2][Al+][CH2]C.O=[PH2][O-]. The third kappa shape index (κ3) is 29.7. The van der Waals surface area contributed by atoms with Crippen LogP contribution in [-0.4, -0.2) is 15.2 Å². The van der Waals surface area contributed by atoms with E-state index in [1.165, 1.54) is 10.6 Å². The molecule has 0 spiro atoms. The second-order valence-corrected chi connectivity index (χ2v) is 3.60. The van der Waals surface area contributed by atoms with Crippen molar-refractivity contribution in [3.8, 4) is 0 Å². The van der Waals surface area contributed by atoms with Gasteiger partial charge in [0.1, 0.15) is 0 Å². The predicted molar refractivity (Wildman–Crippen MR) is 37.1 cm³/mol. The second kappa shape index (κ2) is 15.6. The molecule has 0 amide bonds. The Morgan fingerprint density at radius 3 is 1.75 bits per heavy atom. The van der Waals surface area contributed by atoms with Crippen LogP contribution in [0.3, 0.4) is 0 Å². The average Bonchev–Trinajstić information content (AvgIpc) is 1.71. The first-order chi connectivity index (χ1) is 3.83. The van der Waals surface area contributed by atoms with Crippen molar-refractivity contribution in [2.24, 2.45) is 0 Å². The number of rotatable bonds is 2. The van der Waals surface area contributed by atoms with Gasteiger partial charge in [-0.25, -0.2) is 0 Å². The molecule has 0 saturated heterocycles. The van der Waals surface area contributed by atoms with Gasteiger partial charge in [-0.2, -0.15) is 0 Å². The van der Waals surface area contributed by atoms with Gasteiger partial charge in [0.25, 0.3) is 0 Å². The molecule has 2 nitrogen and oxygen atoms in total. The number of hydrogen-bond donors (Lipinski definition) is 0. The zero-order valence-corrected chi connectivity index (χ0v) is 7.69. The fourth-order valence-corrected chi connectivity index (χ4v) is 0.866. The van der Waals surface area contributed by atoms with E-state index < -0.39 is 8.69 Å². The molecule has 0 bridgehead atoms. The van der Waals surface area contributed by atoms with E-state index in [9.17, 15) is 0 Å². The molecule has 0 N–H and O–H groups in total. The molecule has 0 rings (SSSR count). The van der Waals surface area contributed by atoms with Crippen LogP contribution in [0.25, 0.3) is 0 Å². The van der Waals surface area contributed by atoms with Gasteiger partial charge in [0.05, 0.1) is 0 Å². The largest absolute Gasteiger partial charge is 0.804 e. The summed E-state index contributed by atoms with van der Waals surface area (Å²) in [6, 6.07) is 0.